The highest BCUT2D eigenvalue weighted by atomic mass is 16.3. The molecular formula is C19H20N2O. The third-order valence-corrected chi connectivity index (χ3v) is 3.82. The van der Waals surface area contributed by atoms with Gasteiger partial charge in [0.15, 0.2) is 0 Å². The van der Waals surface area contributed by atoms with E-state index in [1.54, 1.807) is 6.07 Å². The van der Waals surface area contributed by atoms with Crippen molar-refractivity contribution >= 4 is 0 Å². The Morgan fingerprint density at radius 2 is 1.73 bits per heavy atom. The molecule has 1 N–H and O–H groups in total. The minimum absolute atomic E-state index is 0.379. The van der Waals surface area contributed by atoms with Crippen molar-refractivity contribution in [2.75, 3.05) is 0 Å². The first-order chi connectivity index (χ1) is 10.7. The second-order valence-electron chi connectivity index (χ2n) is 5.52. The topological polar surface area (TPSA) is 38.0 Å². The van der Waals surface area contributed by atoms with Gasteiger partial charge in [-0.25, -0.2) is 0 Å². The average Bonchev–Trinajstić information content (AvgIpc) is 2.91. The van der Waals surface area contributed by atoms with Crippen LogP contribution in [0.1, 0.15) is 17.5 Å². The largest absolute Gasteiger partial charge is 0.508 e. The predicted molar refractivity (Wildman–Crippen MR) is 88.8 cm³/mol. The maximum Gasteiger partial charge on any atom is 0.118 e. The van der Waals surface area contributed by atoms with Gasteiger partial charge in [-0.05, 0) is 37.0 Å². The Hall–Kier alpha value is -2.55. The van der Waals surface area contributed by atoms with E-state index in [4.69, 9.17) is 0 Å². The summed E-state index contributed by atoms with van der Waals surface area (Å²) in [5.74, 6) is 0.379. The number of benzene rings is 2. The molecule has 0 atom stereocenters. The van der Waals surface area contributed by atoms with Crippen molar-refractivity contribution in [3.63, 3.8) is 0 Å². The standard InChI is InChI=1S/C19H20N2O/c1-15-14-21(20-19(15)17-9-3-2-4-10-17)13-7-11-16-8-5-6-12-18(16)22/h2-6,8-10,12,14,22H,7,11,13H2,1H3. The number of phenols is 1. The van der Waals surface area contributed by atoms with Gasteiger partial charge in [-0.3, -0.25) is 4.68 Å². The lowest BCUT2D eigenvalue weighted by atomic mass is 10.1. The van der Waals surface area contributed by atoms with Crippen molar-refractivity contribution in [2.24, 2.45) is 0 Å². The maximum absolute atomic E-state index is 9.78. The molecule has 0 aliphatic heterocycles. The SMILES string of the molecule is Cc1cn(CCCc2ccccc2O)nc1-c1ccccc1. The molecule has 3 aromatic rings. The second-order valence-corrected chi connectivity index (χ2v) is 5.52. The van der Waals surface area contributed by atoms with Gasteiger partial charge < -0.3 is 5.11 Å². The molecule has 1 aromatic heterocycles. The summed E-state index contributed by atoms with van der Waals surface area (Å²) in [7, 11) is 0. The average molecular weight is 292 g/mol. The van der Waals surface area contributed by atoms with Gasteiger partial charge in [0.25, 0.3) is 0 Å². The molecule has 0 aliphatic carbocycles. The molecule has 0 saturated heterocycles. The van der Waals surface area contributed by atoms with E-state index in [1.807, 2.05) is 41.1 Å². The number of para-hydroxylation sites is 1. The highest BCUT2D eigenvalue weighted by molar-refractivity contribution is 5.62. The van der Waals surface area contributed by atoms with Crippen LogP contribution >= 0.6 is 0 Å². The number of aromatic nitrogens is 2. The molecule has 1 heterocycles. The lowest BCUT2D eigenvalue weighted by Gasteiger charge is -2.04. The van der Waals surface area contributed by atoms with Crippen LogP contribution < -0.4 is 0 Å². The summed E-state index contributed by atoms with van der Waals surface area (Å²) in [6.07, 6.45) is 3.90. The molecule has 2 aromatic carbocycles. The molecule has 0 radical (unpaired) electrons. The Labute approximate surface area is 130 Å². The molecule has 112 valence electrons. The van der Waals surface area contributed by atoms with Crippen molar-refractivity contribution < 1.29 is 5.11 Å². The predicted octanol–water partition coefficient (Wildman–Crippen LogP) is 4.20. The quantitative estimate of drug-likeness (QED) is 0.765. The van der Waals surface area contributed by atoms with Crippen LogP contribution in [0, 0.1) is 6.92 Å². The summed E-state index contributed by atoms with van der Waals surface area (Å²) in [5, 5.41) is 14.5. The summed E-state index contributed by atoms with van der Waals surface area (Å²) in [4.78, 5) is 0. The molecular weight excluding hydrogens is 272 g/mol. The third-order valence-electron chi connectivity index (χ3n) is 3.82. The van der Waals surface area contributed by atoms with Gasteiger partial charge in [0.05, 0.1) is 5.69 Å². The first kappa shape index (κ1) is 14.4. The summed E-state index contributed by atoms with van der Waals surface area (Å²) >= 11 is 0. The van der Waals surface area contributed by atoms with Crippen LogP contribution in [-0.2, 0) is 13.0 Å². The molecule has 0 saturated carbocycles. The number of rotatable bonds is 5. The number of hydrogen-bond donors (Lipinski definition) is 1. The smallest absolute Gasteiger partial charge is 0.118 e. The molecule has 0 amide bonds. The van der Waals surface area contributed by atoms with Crippen molar-refractivity contribution in [1.29, 1.82) is 0 Å². The van der Waals surface area contributed by atoms with Crippen LogP contribution in [0.25, 0.3) is 11.3 Å². The molecule has 3 nitrogen and oxygen atoms in total. The number of aryl methyl sites for hydroxylation is 3. The Kier molecular flexibility index (Phi) is 4.24. The van der Waals surface area contributed by atoms with Crippen LogP contribution in [0.5, 0.6) is 5.75 Å². The van der Waals surface area contributed by atoms with Crippen LogP contribution in [0.3, 0.4) is 0 Å². The lowest BCUT2D eigenvalue weighted by Crippen LogP contribution is -2.00. The van der Waals surface area contributed by atoms with E-state index in [1.165, 1.54) is 5.56 Å². The van der Waals surface area contributed by atoms with Crippen molar-refractivity contribution in [3.05, 3.63) is 71.9 Å². The van der Waals surface area contributed by atoms with Crippen LogP contribution in [0.15, 0.2) is 60.8 Å². The lowest BCUT2D eigenvalue weighted by molar-refractivity contribution is 0.464. The molecule has 3 heteroatoms. The van der Waals surface area contributed by atoms with Gasteiger partial charge in [-0.15, -0.1) is 0 Å². The molecule has 0 aliphatic rings. The van der Waals surface area contributed by atoms with Gasteiger partial charge in [-0.1, -0.05) is 48.5 Å². The van der Waals surface area contributed by atoms with Crippen LogP contribution in [-0.4, -0.2) is 14.9 Å². The van der Waals surface area contributed by atoms with Crippen LogP contribution in [0.4, 0.5) is 0 Å². The molecule has 3 rings (SSSR count). The normalized spacial score (nSPS) is 10.8. The van der Waals surface area contributed by atoms with Gasteiger partial charge in [0.1, 0.15) is 5.75 Å². The highest BCUT2D eigenvalue weighted by Crippen LogP contribution is 2.21. The first-order valence-electron chi connectivity index (χ1n) is 7.60. The van der Waals surface area contributed by atoms with E-state index in [-0.39, 0.29) is 0 Å². The minimum Gasteiger partial charge on any atom is -0.508 e. The zero-order chi connectivity index (χ0) is 15.4. The van der Waals surface area contributed by atoms with Gasteiger partial charge in [0.2, 0.25) is 0 Å². The first-order valence-corrected chi connectivity index (χ1v) is 7.60. The van der Waals surface area contributed by atoms with Crippen molar-refractivity contribution in [3.8, 4) is 17.0 Å². The van der Waals surface area contributed by atoms with Gasteiger partial charge in [-0.2, -0.15) is 5.10 Å². The van der Waals surface area contributed by atoms with Crippen molar-refractivity contribution in [1.82, 2.24) is 9.78 Å². The minimum atomic E-state index is 0.379. The van der Waals surface area contributed by atoms with Gasteiger partial charge >= 0.3 is 0 Å². The molecule has 0 spiro atoms. The van der Waals surface area contributed by atoms with Gasteiger partial charge in [0, 0.05) is 18.3 Å². The number of nitrogens with zero attached hydrogens (tertiary/aromatic N) is 2. The number of aromatic hydroxyl groups is 1. The Morgan fingerprint density at radius 1 is 1.00 bits per heavy atom. The second kappa shape index (κ2) is 6.48. The van der Waals surface area contributed by atoms with E-state index >= 15 is 0 Å². The number of phenolic OH excluding ortho intramolecular Hbond substituents is 1. The summed E-state index contributed by atoms with van der Waals surface area (Å²) in [6, 6.07) is 17.8. The Bertz CT molecular complexity index is 747. The van der Waals surface area contributed by atoms with E-state index in [2.05, 4.69) is 30.4 Å². The summed E-state index contributed by atoms with van der Waals surface area (Å²) in [6.45, 7) is 2.94. The molecule has 22 heavy (non-hydrogen) atoms. The van der Waals surface area contributed by atoms with Crippen LogP contribution in [0.2, 0.25) is 0 Å². The summed E-state index contributed by atoms with van der Waals surface area (Å²) in [5.41, 5.74) is 4.38. The zero-order valence-corrected chi connectivity index (χ0v) is 12.7. The summed E-state index contributed by atoms with van der Waals surface area (Å²) < 4.78 is 2.00. The van der Waals surface area contributed by atoms with E-state index in [0.717, 1.165) is 36.2 Å². The number of hydrogen-bond acceptors (Lipinski definition) is 2. The fraction of sp³-hybridized carbons (Fsp3) is 0.211. The molecule has 0 unspecified atom stereocenters. The molecule has 0 bridgehead atoms. The zero-order valence-electron chi connectivity index (χ0n) is 12.7. The Balaban J connectivity index is 1.66. The third kappa shape index (κ3) is 3.19. The monoisotopic (exact) mass is 292 g/mol. The van der Waals surface area contributed by atoms with E-state index in [0.29, 0.717) is 5.75 Å². The van der Waals surface area contributed by atoms with E-state index in [9.17, 15) is 5.11 Å². The fourth-order valence-corrected chi connectivity index (χ4v) is 2.67. The van der Waals surface area contributed by atoms with Crippen molar-refractivity contribution in [2.45, 2.75) is 26.3 Å². The highest BCUT2D eigenvalue weighted by Gasteiger charge is 2.07. The van der Waals surface area contributed by atoms with E-state index < -0.39 is 0 Å². The Morgan fingerprint density at radius 3 is 2.50 bits per heavy atom. The fourth-order valence-electron chi connectivity index (χ4n) is 2.67. The maximum atomic E-state index is 9.78. The molecule has 0 fully saturated rings.